The third-order valence-electron chi connectivity index (χ3n) is 3.97. The van der Waals surface area contributed by atoms with Crippen LogP contribution in [0.5, 0.6) is 0 Å². The van der Waals surface area contributed by atoms with Crippen LogP contribution in [-0.2, 0) is 13.1 Å². The van der Waals surface area contributed by atoms with Gasteiger partial charge in [-0.25, -0.2) is 15.0 Å². The molecular formula is C20H15Cl6FeN3. The number of hydrogen-bond acceptors (Lipinski definition) is 3. The first-order valence-electron chi connectivity index (χ1n) is 8.40. The van der Waals surface area contributed by atoms with E-state index in [1.165, 1.54) is 0 Å². The minimum atomic E-state index is 0.194. The predicted molar refractivity (Wildman–Crippen MR) is 130 cm³/mol. The zero-order chi connectivity index (χ0) is 22.3. The molecule has 0 aliphatic carbocycles. The van der Waals surface area contributed by atoms with Crippen molar-refractivity contribution in [3.05, 3.63) is 68.3 Å². The molecule has 0 N–H and O–H groups in total. The Labute approximate surface area is 210 Å². The molecule has 0 saturated carbocycles. The standard InChI is InChI=1S/C20H15Cl4N3.2ClH.Fe/c1-11(25-19-13(21)5-3-6-14(19)22)17-9-10-18(27-17)12(2)26-20-15(23)7-4-8-16(20)24;;;/h3-9H,10H2,1-2H3;2*1H;/q;;;+2/p-2. The van der Waals surface area contributed by atoms with Gasteiger partial charge in [-0.3, -0.25) is 0 Å². The Morgan fingerprint density at radius 3 is 1.63 bits per heavy atom. The topological polar surface area (TPSA) is 37.1 Å². The summed E-state index contributed by atoms with van der Waals surface area (Å²) in [6, 6.07) is 10.6. The molecule has 2 aromatic rings. The van der Waals surface area contributed by atoms with Gasteiger partial charge in [0.1, 0.15) is 11.4 Å². The van der Waals surface area contributed by atoms with Gasteiger partial charge >= 0.3 is 33.3 Å². The Morgan fingerprint density at radius 1 is 0.800 bits per heavy atom. The van der Waals surface area contributed by atoms with Crippen molar-refractivity contribution in [3.8, 4) is 0 Å². The van der Waals surface area contributed by atoms with Gasteiger partial charge in [0.2, 0.25) is 0 Å². The Balaban J connectivity index is 0.00000101. The average molecular weight is 566 g/mol. The molecule has 0 unspecified atom stereocenters. The minimum absolute atomic E-state index is 0.194. The van der Waals surface area contributed by atoms with E-state index in [1.807, 2.05) is 19.9 Å². The summed E-state index contributed by atoms with van der Waals surface area (Å²) in [4.78, 5) is 13.7. The molecule has 1 heterocycles. The fourth-order valence-corrected chi connectivity index (χ4v) is 3.50. The van der Waals surface area contributed by atoms with Gasteiger partial charge in [-0.05, 0) is 38.1 Å². The zero-order valence-corrected chi connectivity index (χ0v) is 21.4. The molecule has 0 bridgehead atoms. The van der Waals surface area contributed by atoms with Crippen LogP contribution in [0.2, 0.25) is 20.1 Å². The Morgan fingerprint density at radius 2 is 1.20 bits per heavy atom. The number of nitrogens with zero attached hydrogens (tertiary/aromatic N) is 3. The molecule has 30 heavy (non-hydrogen) atoms. The van der Waals surface area contributed by atoms with Gasteiger partial charge in [0.25, 0.3) is 0 Å². The first kappa shape index (κ1) is 25.7. The van der Waals surface area contributed by atoms with Crippen molar-refractivity contribution in [2.45, 2.75) is 20.3 Å². The molecule has 0 amide bonds. The Hall–Kier alpha value is -0.551. The van der Waals surface area contributed by atoms with Gasteiger partial charge in [0, 0.05) is 6.42 Å². The van der Waals surface area contributed by atoms with Crippen LogP contribution in [0.25, 0.3) is 0 Å². The normalized spacial score (nSPS) is 14.3. The van der Waals surface area contributed by atoms with E-state index in [-0.39, 0.29) is 13.1 Å². The van der Waals surface area contributed by atoms with Gasteiger partial charge in [0.15, 0.2) is 0 Å². The molecule has 2 aromatic carbocycles. The monoisotopic (exact) mass is 563 g/mol. The number of para-hydroxylation sites is 2. The average Bonchev–Trinajstić information content (AvgIpc) is 3.19. The van der Waals surface area contributed by atoms with Gasteiger partial charge < -0.3 is 0 Å². The van der Waals surface area contributed by atoms with Crippen molar-refractivity contribution in [3.63, 3.8) is 0 Å². The third-order valence-corrected chi connectivity index (χ3v) is 5.19. The van der Waals surface area contributed by atoms with Crippen molar-refractivity contribution >= 4 is 95.1 Å². The van der Waals surface area contributed by atoms with Crippen LogP contribution in [0, 0.1) is 0 Å². The summed E-state index contributed by atoms with van der Waals surface area (Å²) < 4.78 is 0. The summed E-state index contributed by atoms with van der Waals surface area (Å²) in [5, 5.41) is 1.99. The summed E-state index contributed by atoms with van der Waals surface area (Å²) in [5.74, 6) is 0. The molecule has 0 atom stereocenters. The van der Waals surface area contributed by atoms with Crippen molar-refractivity contribution in [1.29, 1.82) is 0 Å². The van der Waals surface area contributed by atoms with E-state index < -0.39 is 0 Å². The van der Waals surface area contributed by atoms with E-state index in [4.69, 9.17) is 66.6 Å². The van der Waals surface area contributed by atoms with Crippen LogP contribution in [0.1, 0.15) is 20.3 Å². The fraction of sp³-hybridized carbons (Fsp3) is 0.150. The maximum atomic E-state index is 6.19. The van der Waals surface area contributed by atoms with Gasteiger partial charge in [-0.2, -0.15) is 0 Å². The molecular weight excluding hydrogens is 551 g/mol. The van der Waals surface area contributed by atoms with E-state index in [0.717, 1.165) is 22.8 Å². The zero-order valence-electron chi connectivity index (χ0n) is 15.7. The van der Waals surface area contributed by atoms with Crippen LogP contribution in [0.15, 0.2) is 63.1 Å². The van der Waals surface area contributed by atoms with Gasteiger partial charge in [-0.15, -0.1) is 0 Å². The number of allylic oxidation sites excluding steroid dienone is 2. The second kappa shape index (κ2) is 12.5. The molecule has 0 radical (unpaired) electrons. The van der Waals surface area contributed by atoms with E-state index in [0.29, 0.717) is 37.9 Å². The van der Waals surface area contributed by atoms with Crippen molar-refractivity contribution in [2.75, 3.05) is 0 Å². The Bertz CT molecular complexity index is 1010. The summed E-state index contributed by atoms with van der Waals surface area (Å²) >= 11 is 25.0. The van der Waals surface area contributed by atoms with E-state index in [9.17, 15) is 0 Å². The number of aliphatic imine (C=N–C) groups is 3. The van der Waals surface area contributed by atoms with E-state index >= 15 is 0 Å². The van der Waals surface area contributed by atoms with Crippen molar-refractivity contribution in [1.82, 2.24) is 0 Å². The molecule has 3 rings (SSSR count). The van der Waals surface area contributed by atoms with Crippen LogP contribution in [0.4, 0.5) is 11.4 Å². The molecule has 160 valence electrons. The van der Waals surface area contributed by atoms with Gasteiger partial charge in [-0.1, -0.05) is 64.6 Å². The van der Waals surface area contributed by atoms with E-state index in [1.54, 1.807) is 36.4 Å². The number of rotatable bonds is 4. The third kappa shape index (κ3) is 6.98. The summed E-state index contributed by atoms with van der Waals surface area (Å²) in [5.41, 5.74) is 4.16. The molecule has 0 saturated heterocycles. The number of hydrogen-bond donors (Lipinski definition) is 0. The summed E-state index contributed by atoms with van der Waals surface area (Å²) in [7, 11) is 9.53. The number of halogens is 6. The Kier molecular flexibility index (Phi) is 10.7. The van der Waals surface area contributed by atoms with Gasteiger partial charge in [0.05, 0.1) is 42.9 Å². The predicted octanol–water partition coefficient (Wildman–Crippen LogP) is 9.29. The SMILES string of the molecule is CC(=Nc1c(Cl)cccc1Cl)C1=CCC(C(C)=Nc2c(Cl)cccc2Cl)=N1.[Cl][Fe][Cl]. The van der Waals surface area contributed by atoms with Crippen LogP contribution in [0.3, 0.4) is 0 Å². The quantitative estimate of drug-likeness (QED) is 0.262. The van der Waals surface area contributed by atoms with Crippen molar-refractivity contribution < 1.29 is 13.1 Å². The maximum absolute atomic E-state index is 6.19. The number of benzene rings is 2. The fourth-order valence-electron chi connectivity index (χ4n) is 2.54. The van der Waals surface area contributed by atoms with Crippen LogP contribution in [-0.4, -0.2) is 17.1 Å². The molecule has 1 aliphatic heterocycles. The first-order chi connectivity index (χ1) is 14.3. The molecule has 1 aliphatic rings. The van der Waals surface area contributed by atoms with Crippen molar-refractivity contribution in [2.24, 2.45) is 15.0 Å². The van der Waals surface area contributed by atoms with E-state index in [2.05, 4.69) is 15.0 Å². The summed E-state index contributed by atoms with van der Waals surface area (Å²) in [6.45, 7) is 3.75. The molecule has 10 heteroatoms. The van der Waals surface area contributed by atoms with Crippen LogP contribution < -0.4 is 0 Å². The first-order valence-corrected chi connectivity index (χ1v) is 13.0. The second-order valence-electron chi connectivity index (χ2n) is 5.94. The molecule has 0 aromatic heterocycles. The van der Waals surface area contributed by atoms with Crippen LogP contribution >= 0.6 is 66.6 Å². The molecule has 0 spiro atoms. The second-order valence-corrected chi connectivity index (χ2v) is 9.39. The molecule has 0 fully saturated rings. The molecule has 3 nitrogen and oxygen atoms in total. The summed E-state index contributed by atoms with van der Waals surface area (Å²) in [6.07, 6.45) is 2.64.